The topological polar surface area (TPSA) is 76.4 Å². The highest BCUT2D eigenvalue weighted by Gasteiger charge is 2.57. The first-order valence-electron chi connectivity index (χ1n) is 5.50. The molecule has 18 heavy (non-hydrogen) atoms. The van der Waals surface area contributed by atoms with Crippen molar-refractivity contribution < 1.29 is 17.9 Å². The van der Waals surface area contributed by atoms with Crippen LogP contribution in [0.1, 0.15) is 11.5 Å². The summed E-state index contributed by atoms with van der Waals surface area (Å²) in [6.07, 6.45) is 1.18. The van der Waals surface area contributed by atoms with Gasteiger partial charge >= 0.3 is 0 Å². The van der Waals surface area contributed by atoms with Crippen LogP contribution in [0, 0.1) is 17.2 Å². The van der Waals surface area contributed by atoms with E-state index >= 15 is 0 Å². The highest BCUT2D eigenvalue weighted by molar-refractivity contribution is 7.91. The molecule has 94 valence electrons. The number of hydrogen-bond acceptors (Lipinski definition) is 5. The van der Waals surface area contributed by atoms with Gasteiger partial charge in [0.15, 0.2) is 21.3 Å². The summed E-state index contributed by atoms with van der Waals surface area (Å²) >= 11 is 0. The molecule has 0 radical (unpaired) electrons. The molecular weight excluding hydrogens is 254 g/mol. The molecule has 1 aliphatic carbocycles. The first kappa shape index (κ1) is 11.4. The molecule has 0 bridgehead atoms. The van der Waals surface area contributed by atoms with E-state index in [9.17, 15) is 8.42 Å². The van der Waals surface area contributed by atoms with Gasteiger partial charge in [0.1, 0.15) is 0 Å². The number of sulfone groups is 1. The summed E-state index contributed by atoms with van der Waals surface area (Å²) in [5.74, 6) is 0.562. The summed E-state index contributed by atoms with van der Waals surface area (Å²) < 4.78 is 33.6. The maximum absolute atomic E-state index is 11.6. The number of fused-ring (bicyclic) bond motifs is 1. The zero-order valence-electron chi connectivity index (χ0n) is 9.66. The van der Waals surface area contributed by atoms with Crippen molar-refractivity contribution in [2.45, 2.75) is 11.2 Å². The molecule has 0 N–H and O–H groups in total. The van der Waals surface area contributed by atoms with Gasteiger partial charge in [-0.3, -0.25) is 0 Å². The molecule has 1 aromatic carbocycles. The van der Waals surface area contributed by atoms with Crippen LogP contribution < -0.4 is 9.47 Å². The van der Waals surface area contributed by atoms with Crippen LogP contribution in [0.25, 0.3) is 0 Å². The molecule has 1 aliphatic heterocycles. The van der Waals surface area contributed by atoms with Crippen molar-refractivity contribution in [1.29, 1.82) is 5.26 Å². The fourth-order valence-corrected chi connectivity index (χ4v) is 4.02. The molecular formula is C12H11NO4S. The van der Waals surface area contributed by atoms with E-state index in [4.69, 9.17) is 14.7 Å². The molecule has 1 heterocycles. The Labute approximate surface area is 105 Å². The first-order chi connectivity index (χ1) is 8.52. The fourth-order valence-electron chi connectivity index (χ4n) is 2.49. The molecule has 6 heteroatoms. The number of rotatable bonds is 2. The molecule has 1 saturated carbocycles. The second kappa shape index (κ2) is 3.62. The van der Waals surface area contributed by atoms with Gasteiger partial charge in [-0.05, 0) is 17.7 Å². The normalized spacial score (nSPS) is 28.8. The van der Waals surface area contributed by atoms with Crippen LogP contribution >= 0.6 is 0 Å². The molecule has 0 spiro atoms. The van der Waals surface area contributed by atoms with Crippen LogP contribution in [0.2, 0.25) is 0 Å². The third-order valence-electron chi connectivity index (χ3n) is 3.38. The first-order valence-corrected chi connectivity index (χ1v) is 7.46. The second-order valence-electron chi connectivity index (χ2n) is 4.59. The van der Waals surface area contributed by atoms with E-state index in [1.807, 2.05) is 0 Å². The minimum Gasteiger partial charge on any atom is -0.454 e. The molecule has 3 rings (SSSR count). The van der Waals surface area contributed by atoms with E-state index in [1.54, 1.807) is 18.2 Å². The van der Waals surface area contributed by atoms with Gasteiger partial charge in [-0.1, -0.05) is 6.07 Å². The van der Waals surface area contributed by atoms with E-state index < -0.39 is 21.0 Å². The van der Waals surface area contributed by atoms with Crippen LogP contribution in [-0.2, 0) is 9.84 Å². The average molecular weight is 265 g/mol. The molecule has 3 atom stereocenters. The van der Waals surface area contributed by atoms with E-state index in [0.717, 1.165) is 5.56 Å². The maximum Gasteiger partial charge on any atom is 0.231 e. The zero-order chi connectivity index (χ0) is 12.9. The Morgan fingerprint density at radius 3 is 2.67 bits per heavy atom. The summed E-state index contributed by atoms with van der Waals surface area (Å²) in [5, 5.41) is 8.40. The lowest BCUT2D eigenvalue weighted by atomic mass is 10.1. The highest BCUT2D eigenvalue weighted by atomic mass is 32.2. The number of ether oxygens (including phenoxy) is 2. The summed E-state index contributed by atoms with van der Waals surface area (Å²) in [4.78, 5) is 0. The summed E-state index contributed by atoms with van der Waals surface area (Å²) in [7, 11) is -3.20. The molecule has 1 fully saturated rings. The maximum atomic E-state index is 11.6. The molecule has 5 nitrogen and oxygen atoms in total. The predicted molar refractivity (Wildman–Crippen MR) is 63.0 cm³/mol. The van der Waals surface area contributed by atoms with Crippen molar-refractivity contribution in [3.8, 4) is 17.6 Å². The Hall–Kier alpha value is -1.74. The molecule has 0 aromatic heterocycles. The minimum absolute atomic E-state index is 0.181. The van der Waals surface area contributed by atoms with Crippen molar-refractivity contribution >= 4 is 9.84 Å². The van der Waals surface area contributed by atoms with Crippen LogP contribution in [0.5, 0.6) is 11.5 Å². The Balaban J connectivity index is 1.95. The highest BCUT2D eigenvalue weighted by Crippen LogP contribution is 2.53. The summed E-state index contributed by atoms with van der Waals surface area (Å²) in [6, 6.07) is 7.38. The van der Waals surface area contributed by atoms with E-state index in [2.05, 4.69) is 6.07 Å². The Morgan fingerprint density at radius 2 is 2.06 bits per heavy atom. The Bertz CT molecular complexity index is 647. The number of nitriles is 1. The lowest BCUT2D eigenvalue weighted by Gasteiger charge is -2.01. The Morgan fingerprint density at radius 1 is 1.33 bits per heavy atom. The van der Waals surface area contributed by atoms with E-state index in [1.165, 1.54) is 6.26 Å². The van der Waals surface area contributed by atoms with Crippen molar-refractivity contribution in [2.24, 2.45) is 5.92 Å². The van der Waals surface area contributed by atoms with Gasteiger partial charge in [0, 0.05) is 12.2 Å². The Kier molecular flexibility index (Phi) is 2.29. The van der Waals surface area contributed by atoms with Crippen LogP contribution in [0.15, 0.2) is 18.2 Å². The van der Waals surface area contributed by atoms with Crippen molar-refractivity contribution in [3.05, 3.63) is 23.8 Å². The average Bonchev–Trinajstić information content (AvgIpc) is 2.90. The smallest absolute Gasteiger partial charge is 0.231 e. The zero-order valence-corrected chi connectivity index (χ0v) is 10.5. The van der Waals surface area contributed by atoms with E-state index in [-0.39, 0.29) is 12.7 Å². The van der Waals surface area contributed by atoms with Crippen molar-refractivity contribution in [1.82, 2.24) is 0 Å². The molecule has 0 saturated heterocycles. The van der Waals surface area contributed by atoms with Gasteiger partial charge in [-0.25, -0.2) is 8.42 Å². The van der Waals surface area contributed by atoms with Gasteiger partial charge in [0.25, 0.3) is 0 Å². The number of benzene rings is 1. The van der Waals surface area contributed by atoms with Gasteiger partial charge in [0.05, 0.1) is 17.2 Å². The third kappa shape index (κ3) is 1.63. The quantitative estimate of drug-likeness (QED) is 0.799. The van der Waals surface area contributed by atoms with Crippen molar-refractivity contribution in [2.75, 3.05) is 13.0 Å². The number of hydrogen-bond donors (Lipinski definition) is 0. The summed E-state index contributed by atoms with van der Waals surface area (Å²) in [6.45, 7) is 0.181. The van der Waals surface area contributed by atoms with Crippen LogP contribution in [0.3, 0.4) is 0 Å². The summed E-state index contributed by atoms with van der Waals surface area (Å²) in [5.41, 5.74) is 0.821. The van der Waals surface area contributed by atoms with Gasteiger partial charge < -0.3 is 9.47 Å². The van der Waals surface area contributed by atoms with Gasteiger partial charge in [-0.2, -0.15) is 5.26 Å². The SMILES string of the molecule is CS(=O)(=O)C1C(C#N)C1c1ccc2c(c1)OCO2. The minimum atomic E-state index is -3.20. The lowest BCUT2D eigenvalue weighted by molar-refractivity contribution is 0.174. The predicted octanol–water partition coefficient (Wildman–Crippen LogP) is 1.07. The standard InChI is InChI=1S/C12H11NO4S/c1-18(14,15)12-8(5-13)11(12)7-2-3-9-10(4-7)17-6-16-9/h2-4,8,11-12H,6H2,1H3. The van der Waals surface area contributed by atoms with Gasteiger partial charge in [0.2, 0.25) is 6.79 Å². The largest absolute Gasteiger partial charge is 0.454 e. The molecule has 0 amide bonds. The molecule has 3 unspecified atom stereocenters. The fraction of sp³-hybridized carbons (Fsp3) is 0.417. The monoisotopic (exact) mass is 265 g/mol. The van der Waals surface area contributed by atoms with Crippen molar-refractivity contribution in [3.63, 3.8) is 0 Å². The molecule has 1 aromatic rings. The van der Waals surface area contributed by atoms with Gasteiger partial charge in [-0.15, -0.1) is 0 Å². The lowest BCUT2D eigenvalue weighted by Crippen LogP contribution is -2.06. The van der Waals surface area contributed by atoms with Crippen LogP contribution in [-0.4, -0.2) is 26.7 Å². The third-order valence-corrected chi connectivity index (χ3v) is 4.95. The molecule has 2 aliphatic rings. The van der Waals surface area contributed by atoms with Crippen LogP contribution in [0.4, 0.5) is 0 Å². The number of nitrogens with zero attached hydrogens (tertiary/aromatic N) is 1. The second-order valence-corrected chi connectivity index (χ2v) is 6.79. The van der Waals surface area contributed by atoms with E-state index in [0.29, 0.717) is 11.5 Å².